The fraction of sp³-hybridized carbons (Fsp3) is 0.273. The Hall–Kier alpha value is -2.49. The van der Waals surface area contributed by atoms with Crippen LogP contribution in [0.4, 0.5) is 13.2 Å². The van der Waals surface area contributed by atoms with Crippen LogP contribution >= 0.6 is 0 Å². The van der Waals surface area contributed by atoms with Crippen LogP contribution in [0.1, 0.15) is 31.4 Å². The van der Waals surface area contributed by atoms with Gasteiger partial charge in [0.15, 0.2) is 0 Å². The molecule has 0 heterocycles. The highest BCUT2D eigenvalue weighted by Gasteiger charge is 2.16. The van der Waals surface area contributed by atoms with Crippen LogP contribution in [0.25, 0.3) is 21.9 Å². The third-order valence-electron chi connectivity index (χ3n) is 4.53. The number of hydrogen-bond donors (Lipinski definition) is 0. The van der Waals surface area contributed by atoms with Crippen molar-refractivity contribution in [1.82, 2.24) is 0 Å². The number of benzene rings is 3. The predicted octanol–water partition coefficient (Wildman–Crippen LogP) is 6.76. The van der Waals surface area contributed by atoms with Crippen LogP contribution in [0.5, 0.6) is 5.75 Å². The van der Waals surface area contributed by atoms with E-state index in [0.717, 1.165) is 24.0 Å². The summed E-state index contributed by atoms with van der Waals surface area (Å²) in [4.78, 5) is 0. The van der Waals surface area contributed by atoms with Crippen molar-refractivity contribution >= 4 is 10.8 Å². The van der Waals surface area contributed by atoms with Gasteiger partial charge in [0, 0.05) is 10.9 Å². The Labute approximate surface area is 151 Å². The number of ether oxygens (including phenoxy) is 1. The van der Waals surface area contributed by atoms with Crippen LogP contribution < -0.4 is 4.74 Å². The highest BCUT2D eigenvalue weighted by molar-refractivity contribution is 5.90. The van der Waals surface area contributed by atoms with E-state index in [4.69, 9.17) is 0 Å². The maximum Gasteiger partial charge on any atom is 0.387 e. The van der Waals surface area contributed by atoms with E-state index in [2.05, 4.69) is 23.8 Å². The van der Waals surface area contributed by atoms with Gasteiger partial charge in [0.05, 0.1) is 0 Å². The first kappa shape index (κ1) is 18.3. The lowest BCUT2D eigenvalue weighted by Crippen LogP contribution is -2.06. The number of aryl methyl sites for hydroxylation is 1. The van der Waals surface area contributed by atoms with Crippen LogP contribution in [0.2, 0.25) is 0 Å². The summed E-state index contributed by atoms with van der Waals surface area (Å²) >= 11 is 0. The number of rotatable bonds is 6. The van der Waals surface area contributed by atoms with Crippen molar-refractivity contribution in [2.75, 3.05) is 0 Å². The van der Waals surface area contributed by atoms with E-state index in [0.29, 0.717) is 10.8 Å². The van der Waals surface area contributed by atoms with E-state index < -0.39 is 12.4 Å². The van der Waals surface area contributed by atoms with Crippen molar-refractivity contribution < 1.29 is 17.9 Å². The summed E-state index contributed by atoms with van der Waals surface area (Å²) in [5.74, 6) is -0.589. The molecular formula is C22H21F3O. The summed E-state index contributed by atoms with van der Waals surface area (Å²) in [6.45, 7) is 0.871. The van der Waals surface area contributed by atoms with E-state index in [1.54, 1.807) is 13.0 Å². The minimum Gasteiger partial charge on any atom is -0.434 e. The molecule has 4 heteroatoms. The Bertz CT molecular complexity index is 901. The molecule has 0 bridgehead atoms. The molecule has 0 aliphatic rings. The number of fused-ring (bicyclic) bond motifs is 1. The molecule has 0 N–H and O–H groups in total. The maximum atomic E-state index is 14.7. The molecule has 0 aliphatic heterocycles. The van der Waals surface area contributed by atoms with Gasteiger partial charge >= 0.3 is 6.61 Å². The molecule has 0 aromatic heterocycles. The quantitative estimate of drug-likeness (QED) is 0.473. The monoisotopic (exact) mass is 358 g/mol. The maximum absolute atomic E-state index is 14.7. The molecule has 3 aromatic carbocycles. The molecule has 0 amide bonds. The normalized spacial score (nSPS) is 11.3. The van der Waals surface area contributed by atoms with Gasteiger partial charge in [0.2, 0.25) is 0 Å². The SMILES string of the molecule is CCCc1ccc(-c2ccc3c(F)c(CC)c(OC(F)F)cc3c2)cc1. The Balaban J connectivity index is 2.07. The summed E-state index contributed by atoms with van der Waals surface area (Å²) in [7, 11) is 0. The van der Waals surface area contributed by atoms with Gasteiger partial charge in [-0.25, -0.2) is 4.39 Å². The molecule has 0 atom stereocenters. The fourth-order valence-corrected chi connectivity index (χ4v) is 3.24. The predicted molar refractivity (Wildman–Crippen MR) is 99.3 cm³/mol. The van der Waals surface area contributed by atoms with Gasteiger partial charge in [-0.15, -0.1) is 0 Å². The minimum absolute atomic E-state index is 0.0945. The van der Waals surface area contributed by atoms with Crippen molar-refractivity contribution in [1.29, 1.82) is 0 Å². The molecule has 0 saturated heterocycles. The largest absolute Gasteiger partial charge is 0.434 e. The van der Waals surface area contributed by atoms with Crippen molar-refractivity contribution in [2.24, 2.45) is 0 Å². The van der Waals surface area contributed by atoms with E-state index in [-0.39, 0.29) is 17.7 Å². The zero-order valence-corrected chi connectivity index (χ0v) is 14.9. The van der Waals surface area contributed by atoms with Crippen LogP contribution in [0.3, 0.4) is 0 Å². The number of halogens is 3. The van der Waals surface area contributed by atoms with E-state index >= 15 is 0 Å². The molecule has 0 aliphatic carbocycles. The number of alkyl halides is 2. The highest BCUT2D eigenvalue weighted by atomic mass is 19.3. The molecule has 0 fully saturated rings. The molecule has 3 aromatic rings. The highest BCUT2D eigenvalue weighted by Crippen LogP contribution is 2.34. The topological polar surface area (TPSA) is 9.23 Å². The number of hydrogen-bond acceptors (Lipinski definition) is 1. The first-order chi connectivity index (χ1) is 12.5. The first-order valence-electron chi connectivity index (χ1n) is 8.82. The summed E-state index contributed by atoms with van der Waals surface area (Å²) < 4.78 is 44.6. The Morgan fingerprint density at radius 2 is 1.62 bits per heavy atom. The fourth-order valence-electron chi connectivity index (χ4n) is 3.24. The molecule has 136 valence electrons. The summed E-state index contributed by atoms with van der Waals surface area (Å²) in [5.41, 5.74) is 3.35. The zero-order valence-electron chi connectivity index (χ0n) is 14.9. The zero-order chi connectivity index (χ0) is 18.7. The van der Waals surface area contributed by atoms with Gasteiger partial charge in [-0.2, -0.15) is 8.78 Å². The van der Waals surface area contributed by atoms with Crippen molar-refractivity contribution in [2.45, 2.75) is 39.7 Å². The minimum atomic E-state index is -2.98. The molecule has 0 radical (unpaired) electrons. The van der Waals surface area contributed by atoms with Gasteiger partial charge in [-0.05, 0) is 47.1 Å². The van der Waals surface area contributed by atoms with Gasteiger partial charge in [0.1, 0.15) is 11.6 Å². The van der Waals surface area contributed by atoms with Crippen molar-refractivity contribution in [3.05, 3.63) is 65.5 Å². The standard InChI is InChI=1S/C22H21F3O/c1-3-5-14-6-8-15(9-7-14)16-10-11-19-17(12-16)13-20(26-22(24)25)18(4-2)21(19)23/h6-13,22H,3-5H2,1-2H3. The second-order valence-electron chi connectivity index (χ2n) is 6.28. The lowest BCUT2D eigenvalue weighted by molar-refractivity contribution is -0.0504. The van der Waals surface area contributed by atoms with Crippen molar-refractivity contribution in [3.63, 3.8) is 0 Å². The van der Waals surface area contributed by atoms with Crippen molar-refractivity contribution in [3.8, 4) is 16.9 Å². The third kappa shape index (κ3) is 3.69. The molecule has 3 rings (SSSR count). The first-order valence-corrected chi connectivity index (χ1v) is 8.82. The van der Waals surface area contributed by atoms with E-state index in [9.17, 15) is 13.2 Å². The van der Waals surface area contributed by atoms with Crippen LogP contribution in [0.15, 0.2) is 48.5 Å². The molecule has 26 heavy (non-hydrogen) atoms. The molecule has 0 saturated carbocycles. The molecular weight excluding hydrogens is 337 g/mol. The summed E-state index contributed by atoms with van der Waals surface area (Å²) in [6.07, 6.45) is 2.39. The second-order valence-corrected chi connectivity index (χ2v) is 6.28. The van der Waals surface area contributed by atoms with E-state index in [1.165, 1.54) is 11.6 Å². The van der Waals surface area contributed by atoms with Gasteiger partial charge < -0.3 is 4.74 Å². The Kier molecular flexibility index (Phi) is 5.50. The van der Waals surface area contributed by atoms with Gasteiger partial charge in [-0.1, -0.05) is 56.7 Å². The molecule has 0 spiro atoms. The van der Waals surface area contributed by atoms with Gasteiger partial charge in [-0.3, -0.25) is 0 Å². The van der Waals surface area contributed by atoms with Crippen LogP contribution in [0, 0.1) is 5.82 Å². The third-order valence-corrected chi connectivity index (χ3v) is 4.53. The average Bonchev–Trinajstić information content (AvgIpc) is 2.62. The van der Waals surface area contributed by atoms with Gasteiger partial charge in [0.25, 0.3) is 0 Å². The second kappa shape index (κ2) is 7.81. The van der Waals surface area contributed by atoms with E-state index in [1.807, 2.05) is 24.3 Å². The Morgan fingerprint density at radius 3 is 2.23 bits per heavy atom. The molecule has 1 nitrogen and oxygen atoms in total. The lowest BCUT2D eigenvalue weighted by Gasteiger charge is -2.14. The smallest absolute Gasteiger partial charge is 0.387 e. The molecule has 0 unspecified atom stereocenters. The van der Waals surface area contributed by atoms with Crippen LogP contribution in [-0.2, 0) is 12.8 Å². The summed E-state index contributed by atoms with van der Waals surface area (Å²) in [6, 6.07) is 15.1. The Morgan fingerprint density at radius 1 is 0.923 bits per heavy atom. The average molecular weight is 358 g/mol. The summed E-state index contributed by atoms with van der Waals surface area (Å²) in [5, 5.41) is 0.959. The lowest BCUT2D eigenvalue weighted by atomic mass is 9.97. The van der Waals surface area contributed by atoms with Crippen LogP contribution in [-0.4, -0.2) is 6.61 Å².